The first-order valence-electron chi connectivity index (χ1n) is 6.48. The van der Waals surface area contributed by atoms with Crippen molar-refractivity contribution in [1.29, 1.82) is 0 Å². The predicted octanol–water partition coefficient (Wildman–Crippen LogP) is 3.23. The molecule has 1 saturated carbocycles. The van der Waals surface area contributed by atoms with E-state index < -0.39 is 0 Å². The molecule has 1 N–H and O–H groups in total. The molecular formula is C15H22O2. The molecule has 1 aromatic rings. The second kappa shape index (κ2) is 5.09. The summed E-state index contributed by atoms with van der Waals surface area (Å²) in [5, 5.41) is 9.97. The van der Waals surface area contributed by atoms with E-state index in [1.165, 1.54) is 5.56 Å². The van der Waals surface area contributed by atoms with Crippen LogP contribution in [0.5, 0.6) is 5.75 Å². The number of aryl methyl sites for hydroxylation is 2. The molecule has 0 saturated heterocycles. The summed E-state index contributed by atoms with van der Waals surface area (Å²) >= 11 is 0. The zero-order valence-electron chi connectivity index (χ0n) is 10.9. The maximum absolute atomic E-state index is 9.97. The van der Waals surface area contributed by atoms with Crippen molar-refractivity contribution in [2.24, 2.45) is 5.92 Å². The zero-order chi connectivity index (χ0) is 12.4. The summed E-state index contributed by atoms with van der Waals surface area (Å²) in [7, 11) is 0. The number of hydrogen-bond donors (Lipinski definition) is 1. The first-order valence-corrected chi connectivity index (χ1v) is 6.48. The van der Waals surface area contributed by atoms with Gasteiger partial charge in [-0.25, -0.2) is 0 Å². The lowest BCUT2D eigenvalue weighted by Gasteiger charge is -2.32. The lowest BCUT2D eigenvalue weighted by molar-refractivity contribution is -0.00789. The Morgan fingerprint density at radius 3 is 2.71 bits per heavy atom. The molecule has 1 aliphatic carbocycles. The third kappa shape index (κ3) is 3.01. The molecule has 2 rings (SSSR count). The second-order valence-corrected chi connectivity index (χ2v) is 5.41. The van der Waals surface area contributed by atoms with Crippen LogP contribution in [0.3, 0.4) is 0 Å². The van der Waals surface area contributed by atoms with Gasteiger partial charge in [-0.1, -0.05) is 24.6 Å². The number of rotatable bonds is 2. The molecule has 2 nitrogen and oxygen atoms in total. The molecule has 3 unspecified atom stereocenters. The molecule has 0 aliphatic heterocycles. The molecule has 1 aliphatic rings. The van der Waals surface area contributed by atoms with E-state index in [1.54, 1.807) is 0 Å². The van der Waals surface area contributed by atoms with Crippen molar-refractivity contribution in [2.75, 3.05) is 0 Å². The van der Waals surface area contributed by atoms with E-state index in [0.29, 0.717) is 5.92 Å². The lowest BCUT2D eigenvalue weighted by Crippen LogP contribution is -2.37. The van der Waals surface area contributed by atoms with Gasteiger partial charge in [-0.15, -0.1) is 0 Å². The van der Waals surface area contributed by atoms with Gasteiger partial charge in [0.25, 0.3) is 0 Å². The minimum Gasteiger partial charge on any atom is -0.487 e. The third-order valence-corrected chi connectivity index (χ3v) is 3.63. The minimum absolute atomic E-state index is 0.0415. The summed E-state index contributed by atoms with van der Waals surface area (Å²) in [5.74, 6) is 1.56. The van der Waals surface area contributed by atoms with Crippen LogP contribution in [-0.4, -0.2) is 17.3 Å². The number of aliphatic hydroxyl groups is 1. The van der Waals surface area contributed by atoms with Crippen molar-refractivity contribution in [1.82, 2.24) is 0 Å². The van der Waals surface area contributed by atoms with Crippen molar-refractivity contribution < 1.29 is 9.84 Å². The Balaban J connectivity index is 2.08. The van der Waals surface area contributed by atoms with Gasteiger partial charge in [0.2, 0.25) is 0 Å². The molecule has 0 bridgehead atoms. The van der Waals surface area contributed by atoms with Crippen LogP contribution in [0.2, 0.25) is 0 Å². The highest BCUT2D eigenvalue weighted by atomic mass is 16.5. The maximum atomic E-state index is 9.97. The Morgan fingerprint density at radius 1 is 1.24 bits per heavy atom. The molecular weight excluding hydrogens is 212 g/mol. The summed E-state index contributed by atoms with van der Waals surface area (Å²) in [4.78, 5) is 0. The minimum atomic E-state index is -0.313. The van der Waals surface area contributed by atoms with Gasteiger partial charge in [0.05, 0.1) is 6.10 Å². The highest BCUT2D eigenvalue weighted by Gasteiger charge is 2.28. The van der Waals surface area contributed by atoms with Crippen LogP contribution < -0.4 is 4.74 Å². The van der Waals surface area contributed by atoms with Crippen molar-refractivity contribution in [3.05, 3.63) is 29.3 Å². The van der Waals surface area contributed by atoms with Crippen LogP contribution in [0.4, 0.5) is 0 Å². The van der Waals surface area contributed by atoms with Crippen LogP contribution in [0, 0.1) is 19.8 Å². The summed E-state index contributed by atoms with van der Waals surface area (Å²) < 4.78 is 5.97. The molecule has 0 aromatic heterocycles. The van der Waals surface area contributed by atoms with E-state index in [-0.39, 0.29) is 12.2 Å². The van der Waals surface area contributed by atoms with Gasteiger partial charge in [-0.2, -0.15) is 0 Å². The Kier molecular flexibility index (Phi) is 3.72. The fourth-order valence-corrected chi connectivity index (χ4v) is 2.53. The quantitative estimate of drug-likeness (QED) is 0.851. The Labute approximate surface area is 104 Å². The van der Waals surface area contributed by atoms with Crippen molar-refractivity contribution >= 4 is 0 Å². The highest BCUT2D eigenvalue weighted by molar-refractivity contribution is 5.35. The van der Waals surface area contributed by atoms with Crippen LogP contribution >= 0.6 is 0 Å². The van der Waals surface area contributed by atoms with Crippen LogP contribution in [0.1, 0.15) is 37.3 Å². The molecule has 0 heterocycles. The van der Waals surface area contributed by atoms with Gasteiger partial charge in [0.15, 0.2) is 0 Å². The molecule has 1 aromatic carbocycles. The zero-order valence-corrected chi connectivity index (χ0v) is 10.9. The number of aliphatic hydroxyl groups excluding tert-OH is 1. The van der Waals surface area contributed by atoms with E-state index in [1.807, 2.05) is 6.07 Å². The molecule has 0 amide bonds. The molecule has 3 atom stereocenters. The van der Waals surface area contributed by atoms with Crippen LogP contribution in [0.25, 0.3) is 0 Å². The smallest absolute Gasteiger partial charge is 0.125 e. The number of hydrogen-bond acceptors (Lipinski definition) is 2. The SMILES string of the molecule is Cc1ccc(OC2CC(C)CCC2O)c(C)c1. The topological polar surface area (TPSA) is 29.5 Å². The van der Waals surface area contributed by atoms with E-state index >= 15 is 0 Å². The number of benzene rings is 1. The van der Waals surface area contributed by atoms with Crippen LogP contribution in [0.15, 0.2) is 18.2 Å². The van der Waals surface area contributed by atoms with Gasteiger partial charge >= 0.3 is 0 Å². The fraction of sp³-hybridized carbons (Fsp3) is 0.600. The first kappa shape index (κ1) is 12.4. The second-order valence-electron chi connectivity index (χ2n) is 5.41. The standard InChI is InChI=1S/C15H22O2/c1-10-5-7-14(12(3)8-10)17-15-9-11(2)4-6-13(15)16/h5,7-8,11,13,15-16H,4,6,9H2,1-3H3. The molecule has 2 heteroatoms. The average molecular weight is 234 g/mol. The monoisotopic (exact) mass is 234 g/mol. The van der Waals surface area contributed by atoms with Gasteiger partial charge < -0.3 is 9.84 Å². The van der Waals surface area contributed by atoms with E-state index in [2.05, 4.69) is 32.9 Å². The summed E-state index contributed by atoms with van der Waals surface area (Å²) in [6.45, 7) is 6.36. The maximum Gasteiger partial charge on any atom is 0.125 e. The van der Waals surface area contributed by atoms with Crippen LogP contribution in [-0.2, 0) is 0 Å². The molecule has 17 heavy (non-hydrogen) atoms. The largest absolute Gasteiger partial charge is 0.487 e. The van der Waals surface area contributed by atoms with Crippen molar-refractivity contribution in [3.63, 3.8) is 0 Å². The Bertz CT molecular complexity index is 387. The van der Waals surface area contributed by atoms with E-state index in [9.17, 15) is 5.11 Å². The summed E-state index contributed by atoms with van der Waals surface area (Å²) in [6.07, 6.45) is 2.56. The first-order chi connectivity index (χ1) is 8.06. The summed E-state index contributed by atoms with van der Waals surface area (Å²) in [6, 6.07) is 6.19. The van der Waals surface area contributed by atoms with Gasteiger partial charge in [0.1, 0.15) is 11.9 Å². The number of ether oxygens (including phenoxy) is 1. The van der Waals surface area contributed by atoms with E-state index in [0.717, 1.165) is 30.6 Å². The lowest BCUT2D eigenvalue weighted by atomic mass is 9.86. The van der Waals surface area contributed by atoms with Gasteiger partial charge in [-0.05, 0) is 50.7 Å². The molecule has 0 radical (unpaired) electrons. The van der Waals surface area contributed by atoms with Gasteiger partial charge in [-0.3, -0.25) is 0 Å². The van der Waals surface area contributed by atoms with Crippen molar-refractivity contribution in [2.45, 2.75) is 52.2 Å². The van der Waals surface area contributed by atoms with E-state index in [4.69, 9.17) is 4.74 Å². The normalized spacial score (nSPS) is 29.1. The van der Waals surface area contributed by atoms with Crippen molar-refractivity contribution in [3.8, 4) is 5.75 Å². The Hall–Kier alpha value is -1.02. The molecule has 0 spiro atoms. The predicted molar refractivity (Wildman–Crippen MR) is 69.4 cm³/mol. The average Bonchev–Trinajstić information content (AvgIpc) is 2.27. The molecule has 1 fully saturated rings. The van der Waals surface area contributed by atoms with Gasteiger partial charge in [0, 0.05) is 0 Å². The third-order valence-electron chi connectivity index (χ3n) is 3.63. The summed E-state index contributed by atoms with van der Waals surface area (Å²) in [5.41, 5.74) is 2.39. The molecule has 94 valence electrons. The highest BCUT2D eigenvalue weighted by Crippen LogP contribution is 2.29. The fourth-order valence-electron chi connectivity index (χ4n) is 2.53. The Morgan fingerprint density at radius 2 is 2.00 bits per heavy atom.